The summed E-state index contributed by atoms with van der Waals surface area (Å²) in [6.45, 7) is 9.86. The van der Waals surface area contributed by atoms with Crippen molar-refractivity contribution < 1.29 is 0 Å². The van der Waals surface area contributed by atoms with E-state index in [0.29, 0.717) is 6.04 Å². The van der Waals surface area contributed by atoms with Gasteiger partial charge < -0.3 is 5.32 Å². The van der Waals surface area contributed by atoms with Crippen LogP contribution in [0.5, 0.6) is 0 Å². The summed E-state index contributed by atoms with van der Waals surface area (Å²) in [5.41, 5.74) is 0. The maximum atomic E-state index is 3.66. The van der Waals surface area contributed by atoms with Gasteiger partial charge >= 0.3 is 0 Å². The van der Waals surface area contributed by atoms with Crippen molar-refractivity contribution in [1.82, 2.24) is 5.32 Å². The smallest absolute Gasteiger partial charge is 0.0245 e. The summed E-state index contributed by atoms with van der Waals surface area (Å²) < 4.78 is 0. The van der Waals surface area contributed by atoms with Gasteiger partial charge in [0.2, 0.25) is 0 Å². The van der Waals surface area contributed by atoms with Crippen molar-refractivity contribution in [1.29, 1.82) is 0 Å². The van der Waals surface area contributed by atoms with Gasteiger partial charge in [-0.1, -0.05) is 40.0 Å². The lowest BCUT2D eigenvalue weighted by molar-refractivity contribution is 0.321. The monoisotopic (exact) mass is 223 g/mol. The molecule has 0 bridgehead atoms. The lowest BCUT2D eigenvalue weighted by atomic mass is 9.89. The van der Waals surface area contributed by atoms with Gasteiger partial charge in [0.15, 0.2) is 0 Å². The third-order valence-corrected chi connectivity index (χ3v) is 3.18. The van der Waals surface area contributed by atoms with Crippen molar-refractivity contribution in [2.75, 3.05) is 6.54 Å². The fourth-order valence-corrected chi connectivity index (χ4v) is 2.10. The van der Waals surface area contributed by atoms with Gasteiger partial charge in [-0.15, -0.1) is 11.8 Å². The summed E-state index contributed by atoms with van der Waals surface area (Å²) in [7, 11) is 0. The van der Waals surface area contributed by atoms with Crippen LogP contribution in [0.1, 0.15) is 66.2 Å². The molecule has 0 radical (unpaired) electrons. The van der Waals surface area contributed by atoms with E-state index >= 15 is 0 Å². The molecule has 0 amide bonds. The molecule has 0 aromatic rings. The highest BCUT2D eigenvalue weighted by Crippen LogP contribution is 2.19. The number of rotatable bonds is 9. The zero-order valence-corrected chi connectivity index (χ0v) is 11.6. The van der Waals surface area contributed by atoms with Gasteiger partial charge in [-0.05, 0) is 32.2 Å². The van der Waals surface area contributed by atoms with Crippen LogP contribution >= 0.6 is 0 Å². The van der Waals surface area contributed by atoms with Crippen LogP contribution in [0.4, 0.5) is 0 Å². The fraction of sp³-hybridized carbons (Fsp3) is 0.867. The van der Waals surface area contributed by atoms with Crippen molar-refractivity contribution >= 4 is 0 Å². The van der Waals surface area contributed by atoms with Gasteiger partial charge in [0.25, 0.3) is 0 Å². The van der Waals surface area contributed by atoms with E-state index in [2.05, 4.69) is 37.9 Å². The molecule has 0 heterocycles. The highest BCUT2D eigenvalue weighted by atomic mass is 14.9. The molecule has 0 fully saturated rings. The van der Waals surface area contributed by atoms with E-state index in [1.54, 1.807) is 0 Å². The van der Waals surface area contributed by atoms with Crippen LogP contribution in [0.15, 0.2) is 0 Å². The fourth-order valence-electron chi connectivity index (χ4n) is 2.10. The van der Waals surface area contributed by atoms with E-state index in [1.807, 2.05) is 6.92 Å². The molecular weight excluding hydrogens is 194 g/mol. The number of nitrogens with one attached hydrogen (secondary N) is 1. The number of hydrogen-bond donors (Lipinski definition) is 1. The van der Waals surface area contributed by atoms with E-state index in [0.717, 1.165) is 18.9 Å². The average molecular weight is 223 g/mol. The van der Waals surface area contributed by atoms with Crippen LogP contribution in [0.2, 0.25) is 0 Å². The van der Waals surface area contributed by atoms with Gasteiger partial charge in [0.05, 0.1) is 0 Å². The molecule has 0 aliphatic carbocycles. The minimum atomic E-state index is 0.601. The first-order chi connectivity index (χ1) is 7.79. The summed E-state index contributed by atoms with van der Waals surface area (Å²) in [6.07, 6.45) is 7.49. The highest BCUT2D eigenvalue weighted by molar-refractivity contribution is 4.99. The Hall–Kier alpha value is -0.480. The van der Waals surface area contributed by atoms with E-state index in [1.165, 1.54) is 32.1 Å². The molecule has 1 heteroatoms. The van der Waals surface area contributed by atoms with Crippen molar-refractivity contribution in [3.8, 4) is 11.8 Å². The quantitative estimate of drug-likeness (QED) is 0.583. The lowest BCUT2D eigenvalue weighted by Crippen LogP contribution is -2.36. The SMILES string of the molecule is CC#CCC(NCCC)C(CC)CCCC. The molecule has 0 saturated heterocycles. The number of hydrogen-bond acceptors (Lipinski definition) is 1. The molecule has 0 spiro atoms. The summed E-state index contributed by atoms with van der Waals surface area (Å²) in [6, 6.07) is 0.601. The third-order valence-electron chi connectivity index (χ3n) is 3.18. The van der Waals surface area contributed by atoms with Gasteiger partial charge in [0.1, 0.15) is 0 Å². The van der Waals surface area contributed by atoms with Crippen molar-refractivity contribution in [2.45, 2.75) is 72.3 Å². The maximum Gasteiger partial charge on any atom is 0.0245 e. The largest absolute Gasteiger partial charge is 0.313 e. The molecule has 94 valence electrons. The molecule has 0 saturated carbocycles. The topological polar surface area (TPSA) is 12.0 Å². The predicted molar refractivity (Wildman–Crippen MR) is 73.5 cm³/mol. The molecule has 2 atom stereocenters. The van der Waals surface area contributed by atoms with Gasteiger partial charge in [-0.3, -0.25) is 0 Å². The molecule has 2 unspecified atom stereocenters. The van der Waals surface area contributed by atoms with Crippen LogP contribution in [0.25, 0.3) is 0 Å². The Kier molecular flexibility index (Phi) is 10.7. The molecule has 0 rings (SSSR count). The maximum absolute atomic E-state index is 3.66. The predicted octanol–water partition coefficient (Wildman–Crippen LogP) is 3.98. The zero-order chi connectivity index (χ0) is 12.2. The molecule has 16 heavy (non-hydrogen) atoms. The lowest BCUT2D eigenvalue weighted by Gasteiger charge is -2.25. The van der Waals surface area contributed by atoms with Gasteiger partial charge in [0, 0.05) is 12.5 Å². The highest BCUT2D eigenvalue weighted by Gasteiger charge is 2.17. The first kappa shape index (κ1) is 15.5. The Morgan fingerprint density at radius 3 is 2.38 bits per heavy atom. The number of unbranched alkanes of at least 4 members (excludes halogenated alkanes) is 1. The molecule has 0 aromatic heterocycles. The van der Waals surface area contributed by atoms with Crippen LogP contribution in [0.3, 0.4) is 0 Å². The van der Waals surface area contributed by atoms with Gasteiger partial charge in [-0.25, -0.2) is 0 Å². The van der Waals surface area contributed by atoms with Crippen molar-refractivity contribution in [3.05, 3.63) is 0 Å². The second-order valence-corrected chi connectivity index (χ2v) is 4.50. The van der Waals surface area contributed by atoms with Crippen molar-refractivity contribution in [2.24, 2.45) is 5.92 Å². The van der Waals surface area contributed by atoms with Crippen LogP contribution in [-0.4, -0.2) is 12.6 Å². The molecule has 1 nitrogen and oxygen atoms in total. The minimum absolute atomic E-state index is 0.601. The second kappa shape index (κ2) is 11.0. The molecule has 0 aliphatic rings. The molecule has 1 N–H and O–H groups in total. The van der Waals surface area contributed by atoms with Crippen molar-refractivity contribution in [3.63, 3.8) is 0 Å². The van der Waals surface area contributed by atoms with E-state index < -0.39 is 0 Å². The average Bonchev–Trinajstić information content (AvgIpc) is 2.32. The molecule has 0 aliphatic heterocycles. The first-order valence-electron chi connectivity index (χ1n) is 6.93. The first-order valence-corrected chi connectivity index (χ1v) is 6.93. The molecular formula is C15H29N. The zero-order valence-electron chi connectivity index (χ0n) is 11.6. The van der Waals surface area contributed by atoms with E-state index in [9.17, 15) is 0 Å². The third kappa shape index (κ3) is 6.90. The summed E-state index contributed by atoms with van der Waals surface area (Å²) in [5, 5.41) is 3.66. The summed E-state index contributed by atoms with van der Waals surface area (Å²) in [4.78, 5) is 0. The Labute approximate surface area is 102 Å². The van der Waals surface area contributed by atoms with E-state index in [-0.39, 0.29) is 0 Å². The van der Waals surface area contributed by atoms with Crippen LogP contribution in [0, 0.1) is 17.8 Å². The minimum Gasteiger partial charge on any atom is -0.313 e. The second-order valence-electron chi connectivity index (χ2n) is 4.50. The Balaban J connectivity index is 4.21. The Morgan fingerprint density at radius 2 is 1.88 bits per heavy atom. The summed E-state index contributed by atoms with van der Waals surface area (Å²) in [5.74, 6) is 7.05. The van der Waals surface area contributed by atoms with Crippen LogP contribution in [-0.2, 0) is 0 Å². The van der Waals surface area contributed by atoms with E-state index in [4.69, 9.17) is 0 Å². The standard InChI is InChI=1S/C15H29N/c1-5-9-11-14(8-4)15(12-10-6-2)16-13-7-3/h14-16H,5,7-9,11-13H2,1-4H3. The molecule has 0 aromatic carbocycles. The Bertz CT molecular complexity index is 199. The normalized spacial score (nSPS) is 14.0. The van der Waals surface area contributed by atoms with Gasteiger partial charge in [-0.2, -0.15) is 0 Å². The Morgan fingerprint density at radius 1 is 1.12 bits per heavy atom. The van der Waals surface area contributed by atoms with Crippen LogP contribution < -0.4 is 5.32 Å². The summed E-state index contributed by atoms with van der Waals surface area (Å²) >= 11 is 0.